The Labute approximate surface area is 246 Å². The van der Waals surface area contributed by atoms with Gasteiger partial charge < -0.3 is 43.0 Å². The monoisotopic (exact) mass is 604 g/mol. The van der Waals surface area contributed by atoms with Crippen molar-refractivity contribution < 1.29 is 67.0 Å². The van der Waals surface area contributed by atoms with E-state index in [2.05, 4.69) is 0 Å². The third-order valence-corrected chi connectivity index (χ3v) is 5.90. The zero-order valence-corrected chi connectivity index (χ0v) is 24.1. The summed E-state index contributed by atoms with van der Waals surface area (Å²) in [6, 6.07) is 10.3. The molecule has 1 saturated heterocycles. The minimum atomic E-state index is -1.51. The summed E-state index contributed by atoms with van der Waals surface area (Å²) in [5.41, 5.74) is -0.0672. The molecule has 14 heteroatoms. The summed E-state index contributed by atoms with van der Waals surface area (Å²) in [6.45, 7) is 3.62. The number of methoxy groups -OCH3 is 1. The molecule has 232 valence electrons. The van der Waals surface area contributed by atoms with E-state index in [1.54, 1.807) is 24.3 Å². The number of phenols is 1. The molecule has 3 rings (SSSR count). The lowest BCUT2D eigenvalue weighted by atomic mass is 9.98. The summed E-state index contributed by atoms with van der Waals surface area (Å²) in [4.78, 5) is 60.0. The second-order valence-electron chi connectivity index (χ2n) is 9.25. The molecule has 0 aromatic heterocycles. The lowest BCUT2D eigenvalue weighted by Gasteiger charge is -2.43. The molecule has 5 atom stereocenters. The molecule has 2 aromatic carbocycles. The van der Waals surface area contributed by atoms with Crippen molar-refractivity contribution in [1.82, 2.24) is 0 Å². The maximum Gasteiger partial charge on any atom is 0.303 e. The number of hydrogen-bond donors (Lipinski definition) is 1. The van der Waals surface area contributed by atoms with Gasteiger partial charge in [-0.1, -0.05) is 0 Å². The maximum absolute atomic E-state index is 12.7. The molecule has 0 aliphatic carbocycles. The third kappa shape index (κ3) is 9.33. The van der Waals surface area contributed by atoms with Gasteiger partial charge in [-0.05, 0) is 36.4 Å². The van der Waals surface area contributed by atoms with Crippen molar-refractivity contribution in [2.45, 2.75) is 58.4 Å². The molecular weight excluding hydrogens is 572 g/mol. The minimum absolute atomic E-state index is 0.0361. The maximum atomic E-state index is 12.7. The van der Waals surface area contributed by atoms with E-state index in [9.17, 15) is 29.1 Å². The van der Waals surface area contributed by atoms with Crippen LogP contribution in [0.2, 0.25) is 0 Å². The van der Waals surface area contributed by atoms with E-state index < -0.39 is 72.7 Å². The van der Waals surface area contributed by atoms with E-state index in [4.69, 9.17) is 37.9 Å². The molecule has 5 unspecified atom stereocenters. The molecule has 2 aromatic rings. The van der Waals surface area contributed by atoms with Crippen LogP contribution in [0.15, 0.2) is 42.5 Å². The molecule has 1 aliphatic rings. The lowest BCUT2D eigenvalue weighted by molar-refractivity contribution is -0.288. The second kappa shape index (κ2) is 14.9. The smallest absolute Gasteiger partial charge is 0.303 e. The van der Waals surface area contributed by atoms with Crippen molar-refractivity contribution in [3.8, 4) is 23.0 Å². The van der Waals surface area contributed by atoms with E-state index in [1.807, 2.05) is 0 Å². The fourth-order valence-corrected chi connectivity index (χ4v) is 4.14. The molecule has 43 heavy (non-hydrogen) atoms. The van der Waals surface area contributed by atoms with Gasteiger partial charge in [0.2, 0.25) is 18.2 Å². The largest absolute Gasteiger partial charge is 0.507 e. The quantitative estimate of drug-likeness (QED) is 0.211. The number of rotatable bonds is 12. The minimum Gasteiger partial charge on any atom is -0.507 e. The van der Waals surface area contributed by atoms with Gasteiger partial charge in [-0.25, -0.2) is 0 Å². The summed E-state index contributed by atoms with van der Waals surface area (Å²) in [5.74, 6) is -3.05. The number of carbonyl (C=O) groups is 5. The zero-order chi connectivity index (χ0) is 31.7. The van der Waals surface area contributed by atoms with Crippen LogP contribution in [0.4, 0.5) is 0 Å². The Hall–Kier alpha value is -4.85. The molecule has 0 amide bonds. The van der Waals surface area contributed by atoms with Crippen LogP contribution < -0.4 is 14.2 Å². The standard InChI is InChI=1S/C29H32O14/c1-15(30)37-14-25-26(39-16(2)31)27(40-17(3)32)28(41-18(4)33)29(43-25)42-21-10-11-22(23(34)12-21)24(35)13-38-20-8-6-19(36-5)7-9-20/h6-12,25-29,34H,13-14H2,1-5H3. The molecule has 0 bridgehead atoms. The normalized spacial score (nSPS) is 21.1. The first kappa shape index (κ1) is 32.7. The Kier molecular flexibility index (Phi) is 11.3. The second-order valence-corrected chi connectivity index (χ2v) is 9.25. The van der Waals surface area contributed by atoms with Crippen molar-refractivity contribution in [3.63, 3.8) is 0 Å². The molecule has 0 spiro atoms. The number of aromatic hydroxyl groups is 1. The molecule has 1 heterocycles. The Morgan fingerprint density at radius 2 is 1.30 bits per heavy atom. The number of Topliss-reactive ketones (excluding diaryl/α,β-unsaturated/α-hetero) is 1. The van der Waals surface area contributed by atoms with Gasteiger partial charge in [0.15, 0.2) is 18.8 Å². The highest BCUT2D eigenvalue weighted by Gasteiger charge is 2.53. The average Bonchev–Trinajstić information content (AvgIpc) is 2.93. The number of phenolic OH excluding ortho intramolecular Hbond substituents is 1. The first-order chi connectivity index (χ1) is 20.4. The van der Waals surface area contributed by atoms with Gasteiger partial charge in [0.05, 0.1) is 12.7 Å². The highest BCUT2D eigenvalue weighted by molar-refractivity contribution is 5.99. The SMILES string of the molecule is COc1ccc(OCC(=O)c2ccc(OC3OC(COC(C)=O)C(OC(C)=O)C(OC(C)=O)C3OC(C)=O)cc2O)cc1. The Bertz CT molecular complexity index is 1320. The molecule has 14 nitrogen and oxygen atoms in total. The van der Waals surface area contributed by atoms with Crippen LogP contribution in [0.1, 0.15) is 38.1 Å². The predicted octanol–water partition coefficient (Wildman–Crippen LogP) is 2.12. The Morgan fingerprint density at radius 3 is 1.86 bits per heavy atom. The first-order valence-corrected chi connectivity index (χ1v) is 13.0. The van der Waals surface area contributed by atoms with Crippen LogP contribution in [0, 0.1) is 0 Å². The van der Waals surface area contributed by atoms with Gasteiger partial charge >= 0.3 is 23.9 Å². The molecule has 1 aliphatic heterocycles. The highest BCUT2D eigenvalue weighted by atomic mass is 16.7. The van der Waals surface area contributed by atoms with Gasteiger partial charge in [0.1, 0.15) is 35.7 Å². The summed E-state index contributed by atoms with van der Waals surface area (Å²) in [6.07, 6.45) is -7.00. The fourth-order valence-electron chi connectivity index (χ4n) is 4.14. The van der Waals surface area contributed by atoms with Crippen molar-refractivity contribution in [3.05, 3.63) is 48.0 Å². The van der Waals surface area contributed by atoms with Crippen molar-refractivity contribution in [2.24, 2.45) is 0 Å². The predicted molar refractivity (Wildman–Crippen MR) is 144 cm³/mol. The van der Waals surface area contributed by atoms with Crippen LogP contribution in [0.5, 0.6) is 23.0 Å². The number of ketones is 1. The van der Waals surface area contributed by atoms with Crippen LogP contribution in [-0.4, -0.2) is 85.8 Å². The van der Waals surface area contributed by atoms with Crippen LogP contribution in [0.25, 0.3) is 0 Å². The van der Waals surface area contributed by atoms with Gasteiger partial charge in [0.25, 0.3) is 0 Å². The van der Waals surface area contributed by atoms with E-state index >= 15 is 0 Å². The fraction of sp³-hybridized carbons (Fsp3) is 0.414. The van der Waals surface area contributed by atoms with E-state index in [1.165, 1.54) is 19.2 Å². The molecule has 1 N–H and O–H groups in total. The van der Waals surface area contributed by atoms with Crippen LogP contribution in [-0.2, 0) is 42.9 Å². The van der Waals surface area contributed by atoms with Crippen molar-refractivity contribution in [2.75, 3.05) is 20.3 Å². The molecule has 1 fully saturated rings. The molecule has 0 saturated carbocycles. The topological polar surface area (TPSA) is 179 Å². The van der Waals surface area contributed by atoms with E-state index in [-0.39, 0.29) is 17.9 Å². The van der Waals surface area contributed by atoms with Gasteiger partial charge in [-0.2, -0.15) is 0 Å². The Morgan fingerprint density at radius 1 is 0.744 bits per heavy atom. The number of benzene rings is 2. The summed E-state index contributed by atoms with van der Waals surface area (Å²) in [5, 5.41) is 10.6. The number of esters is 4. The third-order valence-electron chi connectivity index (χ3n) is 5.90. The first-order valence-electron chi connectivity index (χ1n) is 13.0. The van der Waals surface area contributed by atoms with Crippen molar-refractivity contribution >= 4 is 29.7 Å². The van der Waals surface area contributed by atoms with E-state index in [0.717, 1.165) is 33.8 Å². The van der Waals surface area contributed by atoms with E-state index in [0.29, 0.717) is 11.5 Å². The number of ether oxygens (including phenoxy) is 8. The molecule has 0 radical (unpaired) electrons. The van der Waals surface area contributed by atoms with Gasteiger partial charge in [-0.3, -0.25) is 24.0 Å². The van der Waals surface area contributed by atoms with Gasteiger partial charge in [0, 0.05) is 33.8 Å². The average molecular weight is 605 g/mol. The summed E-state index contributed by atoms with van der Waals surface area (Å²) >= 11 is 0. The van der Waals surface area contributed by atoms with Gasteiger partial charge in [-0.15, -0.1) is 0 Å². The summed E-state index contributed by atoms with van der Waals surface area (Å²) < 4.78 is 43.4. The zero-order valence-electron chi connectivity index (χ0n) is 24.1. The summed E-state index contributed by atoms with van der Waals surface area (Å²) in [7, 11) is 1.52. The number of carbonyl (C=O) groups excluding carboxylic acids is 5. The molecular formula is C29H32O14. The van der Waals surface area contributed by atoms with Crippen LogP contribution >= 0.6 is 0 Å². The lowest BCUT2D eigenvalue weighted by Crippen LogP contribution is -2.63. The van der Waals surface area contributed by atoms with Crippen LogP contribution in [0.3, 0.4) is 0 Å². The Balaban J connectivity index is 1.84. The highest BCUT2D eigenvalue weighted by Crippen LogP contribution is 2.32. The van der Waals surface area contributed by atoms with Crippen molar-refractivity contribution in [1.29, 1.82) is 0 Å². The number of hydrogen-bond acceptors (Lipinski definition) is 14.